The summed E-state index contributed by atoms with van der Waals surface area (Å²) >= 11 is 5.81. The lowest BCUT2D eigenvalue weighted by Gasteiger charge is -2.07. The molecule has 2 aromatic heterocycles. The molecule has 1 fully saturated rings. The highest BCUT2D eigenvalue weighted by molar-refractivity contribution is 6.29. The minimum absolute atomic E-state index is 0.490. The van der Waals surface area contributed by atoms with Gasteiger partial charge < -0.3 is 5.32 Å². The molecule has 15 heavy (non-hydrogen) atoms. The van der Waals surface area contributed by atoms with Crippen molar-refractivity contribution in [2.45, 2.75) is 12.3 Å². The standard InChI is InChI=1S/C10H11ClN4/c11-9-2-4-15-8(6-13-10(15)14-9)7-1-3-12-5-7/h2,4,6-7,12H,1,3,5H2. The molecule has 4 nitrogen and oxygen atoms in total. The number of nitrogens with one attached hydrogen (secondary N) is 1. The third-order valence-corrected chi connectivity index (χ3v) is 3.06. The summed E-state index contributed by atoms with van der Waals surface area (Å²) in [4.78, 5) is 8.43. The van der Waals surface area contributed by atoms with Gasteiger partial charge in [0.25, 0.3) is 0 Å². The summed E-state index contributed by atoms with van der Waals surface area (Å²) in [5.41, 5.74) is 1.22. The Hall–Kier alpha value is -1.13. The van der Waals surface area contributed by atoms with Gasteiger partial charge in [-0.2, -0.15) is 0 Å². The number of rotatable bonds is 1. The molecule has 2 aromatic rings. The Labute approximate surface area is 92.3 Å². The van der Waals surface area contributed by atoms with Crippen molar-refractivity contribution in [2.24, 2.45) is 0 Å². The van der Waals surface area contributed by atoms with Crippen LogP contribution in [-0.4, -0.2) is 27.5 Å². The predicted octanol–water partition coefficient (Wildman–Crippen LogP) is 1.46. The van der Waals surface area contributed by atoms with E-state index in [0.717, 1.165) is 19.5 Å². The van der Waals surface area contributed by atoms with E-state index < -0.39 is 0 Å². The second-order valence-corrected chi connectivity index (χ2v) is 4.18. The number of halogens is 1. The van der Waals surface area contributed by atoms with E-state index in [-0.39, 0.29) is 0 Å². The summed E-state index contributed by atoms with van der Waals surface area (Å²) in [6, 6.07) is 1.79. The minimum Gasteiger partial charge on any atom is -0.316 e. The van der Waals surface area contributed by atoms with Crippen molar-refractivity contribution in [3.63, 3.8) is 0 Å². The van der Waals surface area contributed by atoms with E-state index in [9.17, 15) is 0 Å². The van der Waals surface area contributed by atoms with Gasteiger partial charge in [0.05, 0.1) is 6.20 Å². The maximum atomic E-state index is 5.81. The van der Waals surface area contributed by atoms with Gasteiger partial charge in [-0.05, 0) is 19.0 Å². The number of nitrogens with zero attached hydrogens (tertiary/aromatic N) is 3. The van der Waals surface area contributed by atoms with Crippen LogP contribution in [0.3, 0.4) is 0 Å². The fraction of sp³-hybridized carbons (Fsp3) is 0.400. The third-order valence-electron chi connectivity index (χ3n) is 2.85. The fourth-order valence-electron chi connectivity index (χ4n) is 2.08. The second kappa shape index (κ2) is 3.47. The Morgan fingerprint density at radius 2 is 2.47 bits per heavy atom. The molecule has 5 heteroatoms. The van der Waals surface area contributed by atoms with Gasteiger partial charge in [-0.25, -0.2) is 9.97 Å². The Morgan fingerprint density at radius 1 is 1.53 bits per heavy atom. The van der Waals surface area contributed by atoms with E-state index in [0.29, 0.717) is 16.8 Å². The molecule has 3 rings (SSSR count). The SMILES string of the molecule is Clc1ccn2c(C3CCNC3)cnc2n1. The number of imidazole rings is 1. The predicted molar refractivity (Wildman–Crippen MR) is 58.2 cm³/mol. The molecule has 0 bridgehead atoms. The van der Waals surface area contributed by atoms with Crippen molar-refractivity contribution in [3.05, 3.63) is 29.3 Å². The first kappa shape index (κ1) is 9.12. The zero-order valence-corrected chi connectivity index (χ0v) is 8.91. The van der Waals surface area contributed by atoms with E-state index in [1.807, 2.05) is 16.8 Å². The summed E-state index contributed by atoms with van der Waals surface area (Å²) < 4.78 is 2.02. The molecule has 0 amide bonds. The Balaban J connectivity index is 2.11. The number of fused-ring (bicyclic) bond motifs is 1. The molecule has 1 atom stereocenters. The molecule has 1 N–H and O–H groups in total. The quantitative estimate of drug-likeness (QED) is 0.743. The smallest absolute Gasteiger partial charge is 0.235 e. The minimum atomic E-state index is 0.490. The van der Waals surface area contributed by atoms with E-state index in [1.165, 1.54) is 5.69 Å². The molecule has 0 spiro atoms. The zero-order chi connectivity index (χ0) is 10.3. The molecule has 1 saturated heterocycles. The summed E-state index contributed by atoms with van der Waals surface area (Å²) in [6.45, 7) is 2.11. The largest absolute Gasteiger partial charge is 0.316 e. The van der Waals surface area contributed by atoms with Crippen LogP contribution in [0.15, 0.2) is 18.5 Å². The van der Waals surface area contributed by atoms with Crippen LogP contribution in [0.25, 0.3) is 5.78 Å². The Kier molecular flexibility index (Phi) is 2.11. The van der Waals surface area contributed by atoms with Gasteiger partial charge in [-0.15, -0.1) is 0 Å². The lowest BCUT2D eigenvalue weighted by Crippen LogP contribution is -2.09. The summed E-state index contributed by atoms with van der Waals surface area (Å²) in [5.74, 6) is 1.23. The van der Waals surface area contributed by atoms with Crippen LogP contribution in [0, 0.1) is 0 Å². The van der Waals surface area contributed by atoms with Crippen LogP contribution in [0.5, 0.6) is 0 Å². The van der Waals surface area contributed by atoms with Gasteiger partial charge in [-0.3, -0.25) is 4.40 Å². The van der Waals surface area contributed by atoms with E-state index in [1.54, 1.807) is 6.07 Å². The summed E-state index contributed by atoms with van der Waals surface area (Å²) in [7, 11) is 0. The lowest BCUT2D eigenvalue weighted by molar-refractivity contribution is 0.725. The molecule has 0 aromatic carbocycles. The molecular formula is C10H11ClN4. The molecule has 78 valence electrons. The first-order chi connectivity index (χ1) is 7.34. The first-order valence-electron chi connectivity index (χ1n) is 5.05. The highest BCUT2D eigenvalue weighted by Crippen LogP contribution is 2.22. The highest BCUT2D eigenvalue weighted by atomic mass is 35.5. The maximum absolute atomic E-state index is 5.81. The number of aromatic nitrogens is 3. The summed E-state index contributed by atoms with van der Waals surface area (Å²) in [5, 5.41) is 3.84. The van der Waals surface area contributed by atoms with Crippen LogP contribution >= 0.6 is 11.6 Å². The van der Waals surface area contributed by atoms with Gasteiger partial charge >= 0.3 is 0 Å². The second-order valence-electron chi connectivity index (χ2n) is 3.79. The van der Waals surface area contributed by atoms with E-state index in [2.05, 4.69) is 15.3 Å². The highest BCUT2D eigenvalue weighted by Gasteiger charge is 2.20. The average Bonchev–Trinajstić information content (AvgIpc) is 2.82. The molecule has 0 aliphatic carbocycles. The van der Waals surface area contributed by atoms with Gasteiger partial charge in [-0.1, -0.05) is 11.6 Å². The van der Waals surface area contributed by atoms with Crippen LogP contribution in [0.4, 0.5) is 0 Å². The average molecular weight is 223 g/mol. The van der Waals surface area contributed by atoms with Gasteiger partial charge in [0, 0.05) is 24.4 Å². The molecule has 1 aliphatic rings. The molecule has 3 heterocycles. The lowest BCUT2D eigenvalue weighted by atomic mass is 10.1. The van der Waals surface area contributed by atoms with Crippen molar-refractivity contribution in [1.82, 2.24) is 19.7 Å². The zero-order valence-electron chi connectivity index (χ0n) is 8.15. The van der Waals surface area contributed by atoms with Crippen LogP contribution in [0.2, 0.25) is 5.15 Å². The van der Waals surface area contributed by atoms with Crippen molar-refractivity contribution in [1.29, 1.82) is 0 Å². The topological polar surface area (TPSA) is 42.2 Å². The fourth-order valence-corrected chi connectivity index (χ4v) is 2.21. The third kappa shape index (κ3) is 1.50. The number of hydrogen-bond acceptors (Lipinski definition) is 3. The molecule has 1 unspecified atom stereocenters. The molecule has 1 aliphatic heterocycles. The van der Waals surface area contributed by atoms with Crippen molar-refractivity contribution in [2.75, 3.05) is 13.1 Å². The van der Waals surface area contributed by atoms with Crippen LogP contribution < -0.4 is 5.32 Å². The summed E-state index contributed by atoms with van der Waals surface area (Å²) in [6.07, 6.45) is 5.00. The van der Waals surface area contributed by atoms with Gasteiger partial charge in [0.2, 0.25) is 5.78 Å². The first-order valence-corrected chi connectivity index (χ1v) is 5.42. The number of hydrogen-bond donors (Lipinski definition) is 1. The van der Waals surface area contributed by atoms with Crippen molar-refractivity contribution < 1.29 is 0 Å². The monoisotopic (exact) mass is 222 g/mol. The van der Waals surface area contributed by atoms with Crippen LogP contribution in [-0.2, 0) is 0 Å². The normalized spacial score (nSPS) is 21.3. The Morgan fingerprint density at radius 3 is 3.27 bits per heavy atom. The molecule has 0 saturated carbocycles. The molecule has 0 radical (unpaired) electrons. The van der Waals surface area contributed by atoms with Crippen molar-refractivity contribution >= 4 is 17.4 Å². The van der Waals surface area contributed by atoms with E-state index in [4.69, 9.17) is 11.6 Å². The molecular weight excluding hydrogens is 212 g/mol. The maximum Gasteiger partial charge on any atom is 0.235 e. The Bertz CT molecular complexity index is 487. The van der Waals surface area contributed by atoms with Gasteiger partial charge in [0.1, 0.15) is 5.15 Å². The van der Waals surface area contributed by atoms with E-state index >= 15 is 0 Å². The van der Waals surface area contributed by atoms with Gasteiger partial charge in [0.15, 0.2) is 0 Å². The van der Waals surface area contributed by atoms with Crippen LogP contribution in [0.1, 0.15) is 18.0 Å². The van der Waals surface area contributed by atoms with Crippen molar-refractivity contribution in [3.8, 4) is 0 Å².